The molecule has 1 saturated heterocycles. The molecule has 1 aliphatic heterocycles. The number of nitrogens with zero attached hydrogens (tertiary/aromatic N) is 2. The molecular formula is C17H22FN3. The van der Waals surface area contributed by atoms with Gasteiger partial charge in [-0.2, -0.15) is 5.26 Å². The lowest BCUT2D eigenvalue weighted by Gasteiger charge is -2.50. The SMILES string of the molecule is N#Cc1cc(F)ccc1CN1CCNCC12CCCCC2. The summed E-state index contributed by atoms with van der Waals surface area (Å²) in [5, 5.41) is 12.8. The van der Waals surface area contributed by atoms with Gasteiger partial charge in [-0.3, -0.25) is 4.90 Å². The van der Waals surface area contributed by atoms with Crippen LogP contribution in [0.3, 0.4) is 0 Å². The molecule has 2 fully saturated rings. The molecule has 112 valence electrons. The van der Waals surface area contributed by atoms with Gasteiger partial charge in [-0.15, -0.1) is 0 Å². The lowest BCUT2D eigenvalue weighted by molar-refractivity contribution is 0.0208. The Hall–Kier alpha value is -1.44. The number of piperazine rings is 1. The van der Waals surface area contributed by atoms with Gasteiger partial charge in [0.05, 0.1) is 11.6 Å². The third-order valence-electron chi connectivity index (χ3n) is 5.02. The molecule has 1 spiro atoms. The first-order valence-corrected chi connectivity index (χ1v) is 7.88. The van der Waals surface area contributed by atoms with Crippen molar-refractivity contribution in [1.82, 2.24) is 10.2 Å². The largest absolute Gasteiger partial charge is 0.314 e. The Kier molecular flexibility index (Phi) is 4.23. The predicted molar refractivity (Wildman–Crippen MR) is 80.2 cm³/mol. The van der Waals surface area contributed by atoms with Crippen molar-refractivity contribution in [2.75, 3.05) is 19.6 Å². The number of benzene rings is 1. The van der Waals surface area contributed by atoms with Crippen molar-refractivity contribution >= 4 is 0 Å². The Bertz CT molecular complexity index is 535. The van der Waals surface area contributed by atoms with Gasteiger partial charge in [0.2, 0.25) is 0 Å². The van der Waals surface area contributed by atoms with Crippen LogP contribution in [-0.4, -0.2) is 30.1 Å². The Labute approximate surface area is 125 Å². The number of nitriles is 1. The van der Waals surface area contributed by atoms with E-state index in [1.807, 2.05) is 0 Å². The van der Waals surface area contributed by atoms with Crippen molar-refractivity contribution in [3.05, 3.63) is 35.1 Å². The first kappa shape index (κ1) is 14.5. The van der Waals surface area contributed by atoms with Crippen LogP contribution < -0.4 is 5.32 Å². The van der Waals surface area contributed by atoms with Gasteiger partial charge in [-0.25, -0.2) is 4.39 Å². The lowest BCUT2D eigenvalue weighted by atomic mass is 9.78. The Balaban J connectivity index is 1.83. The van der Waals surface area contributed by atoms with Crippen molar-refractivity contribution in [3.63, 3.8) is 0 Å². The summed E-state index contributed by atoms with van der Waals surface area (Å²) in [4.78, 5) is 2.52. The number of hydrogen-bond acceptors (Lipinski definition) is 3. The monoisotopic (exact) mass is 287 g/mol. The second-order valence-electron chi connectivity index (χ2n) is 6.30. The molecule has 1 saturated carbocycles. The Morgan fingerprint density at radius 3 is 2.86 bits per heavy atom. The van der Waals surface area contributed by atoms with Crippen LogP contribution in [0.1, 0.15) is 43.2 Å². The van der Waals surface area contributed by atoms with Crippen molar-refractivity contribution in [3.8, 4) is 6.07 Å². The minimum absolute atomic E-state index is 0.234. The van der Waals surface area contributed by atoms with E-state index in [0.29, 0.717) is 5.56 Å². The quantitative estimate of drug-likeness (QED) is 0.909. The molecule has 0 amide bonds. The van der Waals surface area contributed by atoms with E-state index >= 15 is 0 Å². The number of hydrogen-bond donors (Lipinski definition) is 1. The van der Waals surface area contributed by atoms with Gasteiger partial charge in [0.25, 0.3) is 0 Å². The third-order valence-corrected chi connectivity index (χ3v) is 5.02. The molecule has 1 aliphatic carbocycles. The molecule has 0 bridgehead atoms. The molecule has 0 unspecified atom stereocenters. The van der Waals surface area contributed by atoms with Gasteiger partial charge < -0.3 is 5.32 Å². The van der Waals surface area contributed by atoms with Crippen molar-refractivity contribution in [2.24, 2.45) is 0 Å². The molecule has 3 rings (SSSR count). The second kappa shape index (κ2) is 6.13. The third kappa shape index (κ3) is 2.95. The summed E-state index contributed by atoms with van der Waals surface area (Å²) < 4.78 is 13.3. The molecule has 4 heteroatoms. The van der Waals surface area contributed by atoms with Gasteiger partial charge in [0.1, 0.15) is 5.82 Å². The van der Waals surface area contributed by atoms with E-state index in [9.17, 15) is 9.65 Å². The van der Waals surface area contributed by atoms with Gasteiger partial charge in [-0.1, -0.05) is 25.3 Å². The molecule has 21 heavy (non-hydrogen) atoms. The van der Waals surface area contributed by atoms with Crippen LogP contribution in [0.25, 0.3) is 0 Å². The molecule has 3 nitrogen and oxygen atoms in total. The van der Waals surface area contributed by atoms with Gasteiger partial charge in [-0.05, 0) is 30.5 Å². The highest BCUT2D eigenvalue weighted by atomic mass is 19.1. The molecule has 1 heterocycles. The van der Waals surface area contributed by atoms with Crippen LogP contribution in [0.2, 0.25) is 0 Å². The molecule has 1 N–H and O–H groups in total. The molecule has 0 radical (unpaired) electrons. The summed E-state index contributed by atoms with van der Waals surface area (Å²) in [5.41, 5.74) is 1.66. The topological polar surface area (TPSA) is 39.1 Å². The average Bonchev–Trinajstić information content (AvgIpc) is 2.52. The highest BCUT2D eigenvalue weighted by molar-refractivity contribution is 5.38. The smallest absolute Gasteiger partial charge is 0.124 e. The van der Waals surface area contributed by atoms with Crippen molar-refractivity contribution < 1.29 is 4.39 Å². The van der Waals surface area contributed by atoms with E-state index in [1.54, 1.807) is 6.07 Å². The lowest BCUT2D eigenvalue weighted by Crippen LogP contribution is -2.61. The fourth-order valence-corrected chi connectivity index (χ4v) is 3.83. The molecule has 1 aromatic rings. The van der Waals surface area contributed by atoms with Crippen LogP contribution in [0, 0.1) is 17.1 Å². The number of nitrogens with one attached hydrogen (secondary N) is 1. The maximum Gasteiger partial charge on any atom is 0.124 e. The van der Waals surface area contributed by atoms with Crippen LogP contribution in [0.5, 0.6) is 0 Å². The van der Waals surface area contributed by atoms with Crippen LogP contribution in [0.15, 0.2) is 18.2 Å². The maximum atomic E-state index is 13.3. The second-order valence-corrected chi connectivity index (χ2v) is 6.30. The van der Waals surface area contributed by atoms with Gasteiger partial charge in [0.15, 0.2) is 0 Å². The summed E-state index contributed by atoms with van der Waals surface area (Å²) >= 11 is 0. The highest BCUT2D eigenvalue weighted by Gasteiger charge is 2.39. The van der Waals surface area contributed by atoms with Crippen LogP contribution >= 0.6 is 0 Å². The van der Waals surface area contributed by atoms with Crippen LogP contribution in [0.4, 0.5) is 4.39 Å². The zero-order valence-electron chi connectivity index (χ0n) is 12.4. The van der Waals surface area contributed by atoms with Gasteiger partial charge in [0, 0.05) is 31.7 Å². The summed E-state index contributed by atoms with van der Waals surface area (Å²) in [5.74, 6) is -0.331. The summed E-state index contributed by atoms with van der Waals surface area (Å²) in [6.45, 7) is 3.79. The summed E-state index contributed by atoms with van der Waals surface area (Å²) in [7, 11) is 0. The van der Waals surface area contributed by atoms with Crippen LogP contribution in [-0.2, 0) is 6.54 Å². The van der Waals surface area contributed by atoms with E-state index in [1.165, 1.54) is 44.2 Å². The van der Waals surface area contributed by atoms with E-state index in [0.717, 1.165) is 31.7 Å². The van der Waals surface area contributed by atoms with E-state index in [4.69, 9.17) is 0 Å². The first-order chi connectivity index (χ1) is 10.2. The first-order valence-electron chi connectivity index (χ1n) is 7.88. The minimum atomic E-state index is -0.331. The van der Waals surface area contributed by atoms with E-state index in [-0.39, 0.29) is 11.4 Å². The average molecular weight is 287 g/mol. The summed E-state index contributed by atoms with van der Waals surface area (Å²) in [6, 6.07) is 6.72. The van der Waals surface area contributed by atoms with Crippen molar-refractivity contribution in [1.29, 1.82) is 5.26 Å². The zero-order chi connectivity index (χ0) is 14.7. The molecule has 2 aliphatic rings. The fourth-order valence-electron chi connectivity index (χ4n) is 3.83. The number of rotatable bonds is 2. The normalized spacial score (nSPS) is 22.1. The zero-order valence-corrected chi connectivity index (χ0v) is 12.4. The molecule has 0 aromatic heterocycles. The fraction of sp³-hybridized carbons (Fsp3) is 0.588. The Morgan fingerprint density at radius 1 is 1.29 bits per heavy atom. The standard InChI is InChI=1S/C17H22FN3/c18-16-5-4-14(15(10-16)11-19)12-21-9-8-20-13-17(21)6-2-1-3-7-17/h4-5,10,20H,1-3,6-9,12-13H2. The molecule has 0 atom stereocenters. The van der Waals surface area contributed by atoms with Gasteiger partial charge >= 0.3 is 0 Å². The molecular weight excluding hydrogens is 265 g/mol. The highest BCUT2D eigenvalue weighted by Crippen LogP contribution is 2.35. The molecule has 1 aromatic carbocycles. The Morgan fingerprint density at radius 2 is 2.10 bits per heavy atom. The minimum Gasteiger partial charge on any atom is -0.314 e. The van der Waals surface area contributed by atoms with E-state index in [2.05, 4.69) is 16.3 Å². The van der Waals surface area contributed by atoms with E-state index < -0.39 is 0 Å². The predicted octanol–water partition coefficient (Wildman–Crippen LogP) is 2.81. The maximum absolute atomic E-state index is 13.3. The van der Waals surface area contributed by atoms with Crippen molar-refractivity contribution in [2.45, 2.75) is 44.2 Å². The number of halogens is 1. The summed E-state index contributed by atoms with van der Waals surface area (Å²) in [6.07, 6.45) is 6.35.